The van der Waals surface area contributed by atoms with Crippen LogP contribution in [0.4, 0.5) is 17.8 Å². The lowest BCUT2D eigenvalue weighted by Gasteiger charge is -2.14. The van der Waals surface area contributed by atoms with Crippen LogP contribution in [-0.4, -0.2) is 78.8 Å². The van der Waals surface area contributed by atoms with E-state index in [1.54, 1.807) is 0 Å². The number of aromatic nitrogens is 3. The van der Waals surface area contributed by atoms with Crippen molar-refractivity contribution in [3.05, 3.63) is 0 Å². The molecule has 1 aliphatic carbocycles. The molecule has 10 heteroatoms. The molecular weight excluding hydrogens is 386 g/mol. The number of unbranched alkanes of at least 4 members (excludes halogenated alkanes) is 3. The summed E-state index contributed by atoms with van der Waals surface area (Å²) in [5.74, 6) is 1.72. The van der Waals surface area contributed by atoms with Gasteiger partial charge in [0.15, 0.2) is 0 Å². The normalized spacial score (nSPS) is 14.2. The molecule has 0 amide bonds. The molecule has 1 aromatic rings. The van der Waals surface area contributed by atoms with Crippen LogP contribution in [0.1, 0.15) is 51.4 Å². The van der Waals surface area contributed by atoms with Crippen LogP contribution >= 0.6 is 0 Å². The molecule has 172 valence electrons. The predicted octanol–water partition coefficient (Wildman–Crippen LogP) is 1.59. The van der Waals surface area contributed by atoms with Gasteiger partial charge in [0.05, 0.1) is 26.4 Å². The van der Waals surface area contributed by atoms with Gasteiger partial charge in [-0.25, -0.2) is 0 Å². The first-order valence-electron chi connectivity index (χ1n) is 11.3. The maximum atomic E-state index is 8.86. The van der Waals surface area contributed by atoms with E-state index >= 15 is 0 Å². The van der Waals surface area contributed by atoms with Gasteiger partial charge in [-0.15, -0.1) is 0 Å². The number of nitrogens with one attached hydrogen (secondary N) is 3. The van der Waals surface area contributed by atoms with E-state index in [0.717, 1.165) is 45.1 Å². The highest BCUT2D eigenvalue weighted by atomic mass is 16.5. The van der Waals surface area contributed by atoms with Crippen LogP contribution in [0, 0.1) is 0 Å². The average Bonchev–Trinajstić information content (AvgIpc) is 3.25. The van der Waals surface area contributed by atoms with Gasteiger partial charge in [-0.1, -0.05) is 25.7 Å². The van der Waals surface area contributed by atoms with Crippen molar-refractivity contribution in [1.29, 1.82) is 0 Å². The van der Waals surface area contributed by atoms with E-state index in [4.69, 9.17) is 20.3 Å². The maximum absolute atomic E-state index is 8.86. The summed E-state index contributed by atoms with van der Waals surface area (Å²) in [6.07, 6.45) is 8.79. The number of nitrogens with zero attached hydrogens (tertiary/aromatic N) is 3. The van der Waals surface area contributed by atoms with Gasteiger partial charge in [0.1, 0.15) is 0 Å². The van der Waals surface area contributed by atoms with Crippen LogP contribution in [0.5, 0.6) is 0 Å². The summed E-state index contributed by atoms with van der Waals surface area (Å²) in [6.45, 7) is 4.36. The van der Waals surface area contributed by atoms with Gasteiger partial charge in [0, 0.05) is 32.3 Å². The standard InChI is InChI=1S/C20H39N7O3/c21-9-13-29-15-16-30-14-11-23-19-25-18(22-10-5-1-2-6-12-28)26-20(27-19)24-17-7-3-4-8-17/h17,28H,1-16,21H2,(H3,22,23,24,25,26,27). The SMILES string of the molecule is NCCOCCOCCNc1nc(NCCCCCCO)nc(NC2CCCC2)n1. The Morgan fingerprint density at radius 1 is 0.800 bits per heavy atom. The first kappa shape index (κ1) is 24.5. The summed E-state index contributed by atoms with van der Waals surface area (Å²) < 4.78 is 10.8. The summed E-state index contributed by atoms with van der Waals surface area (Å²) in [5, 5.41) is 18.8. The van der Waals surface area contributed by atoms with Gasteiger partial charge < -0.3 is 36.3 Å². The maximum Gasteiger partial charge on any atom is 0.229 e. The predicted molar refractivity (Wildman–Crippen MR) is 119 cm³/mol. The van der Waals surface area contributed by atoms with Gasteiger partial charge in [-0.05, 0) is 25.7 Å². The fourth-order valence-electron chi connectivity index (χ4n) is 3.28. The van der Waals surface area contributed by atoms with Crippen LogP contribution in [0.25, 0.3) is 0 Å². The van der Waals surface area contributed by atoms with E-state index in [0.29, 0.717) is 63.4 Å². The van der Waals surface area contributed by atoms with Crippen molar-refractivity contribution in [2.75, 3.05) is 68.6 Å². The fraction of sp³-hybridized carbons (Fsp3) is 0.850. The van der Waals surface area contributed by atoms with Crippen molar-refractivity contribution in [1.82, 2.24) is 15.0 Å². The number of hydrogen-bond acceptors (Lipinski definition) is 10. The summed E-state index contributed by atoms with van der Waals surface area (Å²) in [4.78, 5) is 13.5. The van der Waals surface area contributed by atoms with Crippen LogP contribution in [-0.2, 0) is 9.47 Å². The van der Waals surface area contributed by atoms with E-state index in [9.17, 15) is 0 Å². The molecule has 0 aliphatic heterocycles. The van der Waals surface area contributed by atoms with Crippen molar-refractivity contribution >= 4 is 17.8 Å². The summed E-state index contributed by atoms with van der Waals surface area (Å²) in [5.41, 5.74) is 5.37. The highest BCUT2D eigenvalue weighted by molar-refractivity contribution is 5.42. The molecule has 2 rings (SSSR count). The Morgan fingerprint density at radius 2 is 1.43 bits per heavy atom. The number of ether oxygens (including phenoxy) is 2. The van der Waals surface area contributed by atoms with E-state index in [2.05, 4.69) is 30.9 Å². The highest BCUT2D eigenvalue weighted by Crippen LogP contribution is 2.21. The molecule has 1 heterocycles. The third-order valence-corrected chi connectivity index (χ3v) is 4.86. The molecule has 1 aliphatic rings. The molecule has 0 saturated heterocycles. The number of nitrogens with two attached hydrogens (primary N) is 1. The van der Waals surface area contributed by atoms with E-state index < -0.39 is 0 Å². The minimum atomic E-state index is 0.260. The highest BCUT2D eigenvalue weighted by Gasteiger charge is 2.16. The summed E-state index contributed by atoms with van der Waals surface area (Å²) in [6, 6.07) is 0.434. The topological polar surface area (TPSA) is 139 Å². The van der Waals surface area contributed by atoms with Gasteiger partial charge in [-0.3, -0.25) is 0 Å². The van der Waals surface area contributed by atoms with Crippen LogP contribution in [0.15, 0.2) is 0 Å². The molecule has 0 bridgehead atoms. The molecule has 1 saturated carbocycles. The van der Waals surface area contributed by atoms with Gasteiger partial charge >= 0.3 is 0 Å². The quantitative estimate of drug-likeness (QED) is 0.220. The number of anilines is 3. The minimum Gasteiger partial charge on any atom is -0.396 e. The lowest BCUT2D eigenvalue weighted by Crippen LogP contribution is -2.20. The minimum absolute atomic E-state index is 0.260. The van der Waals surface area contributed by atoms with Crippen molar-refractivity contribution < 1.29 is 14.6 Å². The Hall–Kier alpha value is -1.75. The molecule has 30 heavy (non-hydrogen) atoms. The number of hydrogen-bond donors (Lipinski definition) is 5. The van der Waals surface area contributed by atoms with Crippen molar-refractivity contribution in [2.24, 2.45) is 5.73 Å². The smallest absolute Gasteiger partial charge is 0.229 e. The van der Waals surface area contributed by atoms with Gasteiger partial charge in [0.25, 0.3) is 0 Å². The van der Waals surface area contributed by atoms with E-state index in [-0.39, 0.29) is 6.61 Å². The Morgan fingerprint density at radius 3 is 2.13 bits per heavy atom. The second kappa shape index (κ2) is 16.0. The Balaban J connectivity index is 1.78. The molecule has 0 spiro atoms. The van der Waals surface area contributed by atoms with Crippen LogP contribution in [0.2, 0.25) is 0 Å². The number of aliphatic hydroxyl groups is 1. The zero-order valence-electron chi connectivity index (χ0n) is 18.1. The molecule has 0 aromatic carbocycles. The van der Waals surface area contributed by atoms with Crippen LogP contribution in [0.3, 0.4) is 0 Å². The molecule has 0 atom stereocenters. The third-order valence-electron chi connectivity index (χ3n) is 4.86. The lowest BCUT2D eigenvalue weighted by atomic mass is 10.2. The van der Waals surface area contributed by atoms with Crippen LogP contribution < -0.4 is 21.7 Å². The van der Waals surface area contributed by atoms with Gasteiger partial charge in [0.2, 0.25) is 17.8 Å². The van der Waals surface area contributed by atoms with Crippen molar-refractivity contribution in [3.63, 3.8) is 0 Å². The average molecular weight is 426 g/mol. The first-order valence-corrected chi connectivity index (χ1v) is 11.3. The number of aliphatic hydroxyl groups excluding tert-OH is 1. The molecule has 10 nitrogen and oxygen atoms in total. The second-order valence-corrected chi connectivity index (χ2v) is 7.44. The lowest BCUT2D eigenvalue weighted by molar-refractivity contribution is 0.0547. The van der Waals surface area contributed by atoms with Crippen molar-refractivity contribution in [3.8, 4) is 0 Å². The monoisotopic (exact) mass is 425 g/mol. The van der Waals surface area contributed by atoms with Gasteiger partial charge in [-0.2, -0.15) is 15.0 Å². The van der Waals surface area contributed by atoms with E-state index in [1.165, 1.54) is 12.8 Å². The molecule has 1 fully saturated rings. The molecule has 6 N–H and O–H groups in total. The zero-order chi connectivity index (χ0) is 21.3. The third kappa shape index (κ3) is 10.9. The summed E-state index contributed by atoms with van der Waals surface area (Å²) in [7, 11) is 0. The fourth-order valence-corrected chi connectivity index (χ4v) is 3.28. The molecular formula is C20H39N7O3. The Bertz CT molecular complexity index is 559. The zero-order valence-corrected chi connectivity index (χ0v) is 18.1. The molecule has 0 radical (unpaired) electrons. The molecule has 1 aromatic heterocycles. The number of rotatable bonds is 18. The Kier molecular flexibility index (Phi) is 13.1. The van der Waals surface area contributed by atoms with E-state index in [1.807, 2.05) is 0 Å². The Labute approximate surface area is 179 Å². The first-order chi connectivity index (χ1) is 14.8. The van der Waals surface area contributed by atoms with Crippen molar-refractivity contribution in [2.45, 2.75) is 57.4 Å². The second-order valence-electron chi connectivity index (χ2n) is 7.44. The molecule has 0 unspecified atom stereocenters. The summed E-state index contributed by atoms with van der Waals surface area (Å²) >= 11 is 0. The largest absolute Gasteiger partial charge is 0.396 e.